The minimum atomic E-state index is -0.334. The monoisotopic (exact) mass is 310 g/mol. The fraction of sp³-hybridized carbons (Fsp3) is 0.222. The van der Waals surface area contributed by atoms with Gasteiger partial charge in [0.15, 0.2) is 5.75 Å². The summed E-state index contributed by atoms with van der Waals surface area (Å²) in [5.41, 5.74) is 0.915. The van der Waals surface area contributed by atoms with Crippen molar-refractivity contribution in [2.75, 3.05) is 0 Å². The Hall–Kier alpha value is -2.66. The smallest absolute Gasteiger partial charge is 0.280 e. The van der Waals surface area contributed by atoms with Crippen molar-refractivity contribution >= 4 is 10.9 Å². The predicted octanol–water partition coefficient (Wildman–Crippen LogP) is 3.54. The van der Waals surface area contributed by atoms with E-state index in [2.05, 4.69) is 9.87 Å². The zero-order valence-electron chi connectivity index (χ0n) is 13.3. The third kappa shape index (κ3) is 2.71. The van der Waals surface area contributed by atoms with E-state index in [4.69, 9.17) is 5.26 Å². The highest BCUT2D eigenvalue weighted by Gasteiger charge is 2.23. The van der Waals surface area contributed by atoms with Crippen molar-refractivity contribution in [3.8, 4) is 11.4 Å². The van der Waals surface area contributed by atoms with Crippen molar-refractivity contribution in [2.24, 2.45) is 0 Å². The highest BCUT2D eigenvalue weighted by molar-refractivity contribution is 5.81. The van der Waals surface area contributed by atoms with Gasteiger partial charge in [-0.2, -0.15) is 4.98 Å². The summed E-state index contributed by atoms with van der Waals surface area (Å²) in [4.78, 5) is 21.1. The molecule has 0 spiro atoms. The van der Waals surface area contributed by atoms with E-state index in [-0.39, 0.29) is 16.7 Å². The standard InChI is InChI=1S/C18H18N2O3/c1-18(2,3)17-19-16(21)14-10-9-13(23-22)11-15(14)20(17)12-7-5-4-6-8-12/h4-11,22H,1-3H3. The lowest BCUT2D eigenvalue weighted by molar-refractivity contribution is -0.137. The zero-order valence-corrected chi connectivity index (χ0v) is 13.3. The molecule has 5 heteroatoms. The largest absolute Gasteiger partial charge is 0.340 e. The molecule has 5 nitrogen and oxygen atoms in total. The molecule has 0 aliphatic rings. The number of fused-ring (bicyclic) bond motifs is 1. The Morgan fingerprint density at radius 2 is 1.78 bits per heavy atom. The van der Waals surface area contributed by atoms with Crippen LogP contribution in [0.5, 0.6) is 5.75 Å². The Bertz CT molecular complexity index is 909. The maximum Gasteiger partial charge on any atom is 0.280 e. The molecule has 0 unspecified atom stereocenters. The first-order valence-electron chi connectivity index (χ1n) is 7.36. The molecule has 0 radical (unpaired) electrons. The molecular weight excluding hydrogens is 292 g/mol. The van der Waals surface area contributed by atoms with E-state index >= 15 is 0 Å². The molecule has 1 heterocycles. The molecule has 0 aliphatic carbocycles. The topological polar surface area (TPSA) is 64.3 Å². The van der Waals surface area contributed by atoms with Crippen LogP contribution in [0.2, 0.25) is 0 Å². The maximum absolute atomic E-state index is 12.4. The average Bonchev–Trinajstić information content (AvgIpc) is 2.54. The van der Waals surface area contributed by atoms with Crippen LogP contribution in [0.1, 0.15) is 26.6 Å². The first-order valence-corrected chi connectivity index (χ1v) is 7.36. The van der Waals surface area contributed by atoms with E-state index < -0.39 is 0 Å². The van der Waals surface area contributed by atoms with Gasteiger partial charge in [-0.15, -0.1) is 0 Å². The summed E-state index contributed by atoms with van der Waals surface area (Å²) < 4.78 is 1.93. The first kappa shape index (κ1) is 15.2. The van der Waals surface area contributed by atoms with Gasteiger partial charge in [0.1, 0.15) is 5.82 Å². The molecule has 0 aliphatic heterocycles. The number of rotatable bonds is 2. The van der Waals surface area contributed by atoms with Gasteiger partial charge in [-0.25, -0.2) is 5.26 Å². The van der Waals surface area contributed by atoms with Gasteiger partial charge in [-0.3, -0.25) is 9.36 Å². The second-order valence-electron chi connectivity index (χ2n) is 6.43. The van der Waals surface area contributed by atoms with Crippen LogP contribution in [-0.2, 0) is 5.41 Å². The van der Waals surface area contributed by atoms with Crippen molar-refractivity contribution in [2.45, 2.75) is 26.2 Å². The molecule has 1 N–H and O–H groups in total. The van der Waals surface area contributed by atoms with Gasteiger partial charge in [-0.05, 0) is 24.3 Å². The molecule has 0 saturated carbocycles. The lowest BCUT2D eigenvalue weighted by Gasteiger charge is -2.24. The molecular formula is C18H18N2O3. The highest BCUT2D eigenvalue weighted by Crippen LogP contribution is 2.28. The number of benzene rings is 2. The Balaban J connectivity index is 2.50. The number of hydrogen-bond donors (Lipinski definition) is 1. The first-order chi connectivity index (χ1) is 10.9. The number of hydrogen-bond acceptors (Lipinski definition) is 4. The van der Waals surface area contributed by atoms with E-state index in [0.29, 0.717) is 16.7 Å². The van der Waals surface area contributed by atoms with Crippen LogP contribution in [-0.4, -0.2) is 14.8 Å². The number of nitrogens with zero attached hydrogens (tertiary/aromatic N) is 2. The molecule has 23 heavy (non-hydrogen) atoms. The van der Waals surface area contributed by atoms with Crippen molar-refractivity contribution in [1.29, 1.82) is 0 Å². The van der Waals surface area contributed by atoms with E-state index in [1.54, 1.807) is 12.1 Å². The fourth-order valence-electron chi connectivity index (χ4n) is 2.60. The van der Waals surface area contributed by atoms with Gasteiger partial charge < -0.3 is 4.89 Å². The summed E-state index contributed by atoms with van der Waals surface area (Å²) in [6.45, 7) is 6.02. The molecule has 0 saturated heterocycles. The van der Waals surface area contributed by atoms with Gasteiger partial charge in [0.25, 0.3) is 5.56 Å². The van der Waals surface area contributed by atoms with Crippen LogP contribution < -0.4 is 10.4 Å². The Morgan fingerprint density at radius 3 is 2.39 bits per heavy atom. The minimum Gasteiger partial charge on any atom is -0.340 e. The molecule has 0 bridgehead atoms. The Labute approximate surface area is 133 Å². The molecule has 0 atom stereocenters. The summed E-state index contributed by atoms with van der Waals surface area (Å²) in [5, 5.41) is 9.43. The van der Waals surface area contributed by atoms with Gasteiger partial charge in [0.2, 0.25) is 0 Å². The molecule has 1 aromatic heterocycles. The van der Waals surface area contributed by atoms with E-state index in [1.165, 1.54) is 6.07 Å². The van der Waals surface area contributed by atoms with E-state index in [1.807, 2.05) is 55.7 Å². The second-order valence-corrected chi connectivity index (χ2v) is 6.43. The third-order valence-corrected chi connectivity index (χ3v) is 3.65. The fourth-order valence-corrected chi connectivity index (χ4v) is 2.60. The normalized spacial score (nSPS) is 11.7. The maximum atomic E-state index is 12.4. The predicted molar refractivity (Wildman–Crippen MR) is 89.3 cm³/mol. The summed E-state index contributed by atoms with van der Waals surface area (Å²) in [7, 11) is 0. The van der Waals surface area contributed by atoms with Crippen LogP contribution in [0.4, 0.5) is 0 Å². The number of para-hydroxylation sites is 1. The van der Waals surface area contributed by atoms with Crippen molar-refractivity contribution < 1.29 is 10.1 Å². The molecule has 3 rings (SSSR count). The molecule has 0 amide bonds. The van der Waals surface area contributed by atoms with Crippen LogP contribution in [0.25, 0.3) is 16.6 Å². The number of aromatic nitrogens is 2. The van der Waals surface area contributed by atoms with Crippen molar-refractivity contribution in [3.63, 3.8) is 0 Å². The minimum absolute atomic E-state index is 0.271. The van der Waals surface area contributed by atoms with Crippen LogP contribution in [0.15, 0.2) is 53.3 Å². The van der Waals surface area contributed by atoms with E-state index in [9.17, 15) is 4.79 Å². The molecule has 118 valence electrons. The second kappa shape index (κ2) is 5.52. The van der Waals surface area contributed by atoms with Crippen LogP contribution in [0.3, 0.4) is 0 Å². The van der Waals surface area contributed by atoms with Gasteiger partial charge in [0.05, 0.1) is 10.9 Å². The lowest BCUT2D eigenvalue weighted by atomic mass is 9.94. The summed E-state index contributed by atoms with van der Waals surface area (Å²) in [6.07, 6.45) is 0. The summed E-state index contributed by atoms with van der Waals surface area (Å²) >= 11 is 0. The highest BCUT2D eigenvalue weighted by atomic mass is 17.1. The van der Waals surface area contributed by atoms with Crippen molar-refractivity contribution in [1.82, 2.24) is 9.55 Å². The average molecular weight is 310 g/mol. The Morgan fingerprint density at radius 1 is 1.09 bits per heavy atom. The summed E-state index contributed by atoms with van der Waals surface area (Å²) in [6, 6.07) is 14.5. The molecule has 2 aromatic carbocycles. The van der Waals surface area contributed by atoms with Crippen LogP contribution in [0, 0.1) is 0 Å². The molecule has 0 fully saturated rings. The van der Waals surface area contributed by atoms with Crippen molar-refractivity contribution in [3.05, 3.63) is 64.7 Å². The summed E-state index contributed by atoms with van der Waals surface area (Å²) in [5.74, 6) is 0.920. The SMILES string of the molecule is CC(C)(C)c1nc(=O)c2ccc(OO)cc2n1-c1ccccc1. The Kier molecular flexibility index (Phi) is 3.66. The van der Waals surface area contributed by atoms with E-state index in [0.717, 1.165) is 5.69 Å². The van der Waals surface area contributed by atoms with Crippen LogP contribution >= 0.6 is 0 Å². The lowest BCUT2D eigenvalue weighted by Crippen LogP contribution is -2.27. The van der Waals surface area contributed by atoms with Gasteiger partial charge in [-0.1, -0.05) is 39.0 Å². The quantitative estimate of drug-likeness (QED) is 0.581. The van der Waals surface area contributed by atoms with Gasteiger partial charge >= 0.3 is 0 Å². The molecule has 3 aromatic rings. The third-order valence-electron chi connectivity index (χ3n) is 3.65. The zero-order chi connectivity index (χ0) is 16.6. The van der Waals surface area contributed by atoms with Gasteiger partial charge in [0, 0.05) is 17.2 Å².